The molecule has 1 aromatic rings. The number of thiophene rings is 1. The first-order valence-electron chi connectivity index (χ1n) is 6.92. The highest BCUT2D eigenvalue weighted by atomic mass is 32.1. The van der Waals surface area contributed by atoms with Crippen LogP contribution in [-0.2, 0) is 11.3 Å². The number of nitrogens with zero attached hydrogens (tertiary/aromatic N) is 1. The molecule has 0 bridgehead atoms. The molecule has 5 heteroatoms. The normalized spacial score (nSPS) is 30.5. The SMILES string of the molecule is O=C(CN1CC2CCC(O)C2C1)NCc1cccs1. The summed E-state index contributed by atoms with van der Waals surface area (Å²) in [7, 11) is 0. The van der Waals surface area contributed by atoms with Crippen LogP contribution in [0.15, 0.2) is 17.5 Å². The van der Waals surface area contributed by atoms with Crippen molar-refractivity contribution < 1.29 is 9.90 Å². The summed E-state index contributed by atoms with van der Waals surface area (Å²) in [5.41, 5.74) is 0. The van der Waals surface area contributed by atoms with Gasteiger partial charge in [0, 0.05) is 23.9 Å². The quantitative estimate of drug-likeness (QED) is 0.867. The van der Waals surface area contributed by atoms with E-state index >= 15 is 0 Å². The zero-order valence-electron chi connectivity index (χ0n) is 10.9. The molecule has 1 amide bonds. The Balaban J connectivity index is 1.43. The van der Waals surface area contributed by atoms with Gasteiger partial charge in [0.1, 0.15) is 0 Å². The summed E-state index contributed by atoms with van der Waals surface area (Å²) in [4.78, 5) is 15.2. The number of carbonyl (C=O) groups excluding carboxylic acids is 1. The van der Waals surface area contributed by atoms with Crippen LogP contribution >= 0.6 is 11.3 Å². The second-order valence-electron chi connectivity index (χ2n) is 5.62. The van der Waals surface area contributed by atoms with Gasteiger partial charge in [0.05, 0.1) is 19.2 Å². The minimum absolute atomic E-state index is 0.0860. The summed E-state index contributed by atoms with van der Waals surface area (Å²) in [6.07, 6.45) is 1.90. The molecule has 0 spiro atoms. The summed E-state index contributed by atoms with van der Waals surface area (Å²) in [5.74, 6) is 1.08. The molecule has 4 nitrogen and oxygen atoms in total. The average molecular weight is 280 g/mol. The summed E-state index contributed by atoms with van der Waals surface area (Å²) in [6.45, 7) is 2.93. The minimum atomic E-state index is -0.149. The first-order chi connectivity index (χ1) is 9.22. The van der Waals surface area contributed by atoms with Crippen molar-refractivity contribution >= 4 is 17.2 Å². The third kappa shape index (κ3) is 2.99. The summed E-state index contributed by atoms with van der Waals surface area (Å²) < 4.78 is 0. The maximum Gasteiger partial charge on any atom is 0.234 e. The van der Waals surface area contributed by atoms with Gasteiger partial charge in [0.15, 0.2) is 0 Å². The predicted molar refractivity (Wildman–Crippen MR) is 74.8 cm³/mol. The van der Waals surface area contributed by atoms with Crippen LogP contribution in [0.5, 0.6) is 0 Å². The molecule has 2 fully saturated rings. The zero-order chi connectivity index (χ0) is 13.2. The molecule has 3 unspecified atom stereocenters. The molecule has 1 saturated carbocycles. The van der Waals surface area contributed by atoms with Gasteiger partial charge in [-0.15, -0.1) is 11.3 Å². The maximum absolute atomic E-state index is 11.9. The Morgan fingerprint density at radius 2 is 2.37 bits per heavy atom. The van der Waals surface area contributed by atoms with Gasteiger partial charge in [-0.3, -0.25) is 9.69 Å². The molecule has 0 radical (unpaired) electrons. The van der Waals surface area contributed by atoms with Crippen LogP contribution in [-0.4, -0.2) is 41.7 Å². The molecule has 1 aliphatic carbocycles. The van der Waals surface area contributed by atoms with Gasteiger partial charge in [0.2, 0.25) is 5.91 Å². The second-order valence-corrected chi connectivity index (χ2v) is 6.65. The van der Waals surface area contributed by atoms with Crippen LogP contribution in [0.2, 0.25) is 0 Å². The van der Waals surface area contributed by atoms with Gasteiger partial charge in [-0.25, -0.2) is 0 Å². The number of rotatable bonds is 4. The van der Waals surface area contributed by atoms with E-state index in [0.717, 1.165) is 25.9 Å². The average Bonchev–Trinajstić information content (AvgIpc) is 3.07. The number of likely N-dealkylation sites (tertiary alicyclic amines) is 1. The van der Waals surface area contributed by atoms with Crippen molar-refractivity contribution in [1.29, 1.82) is 0 Å². The number of carbonyl (C=O) groups is 1. The molecule has 1 saturated heterocycles. The largest absolute Gasteiger partial charge is 0.393 e. The van der Waals surface area contributed by atoms with Gasteiger partial charge in [-0.05, 0) is 30.2 Å². The fourth-order valence-electron chi connectivity index (χ4n) is 3.32. The highest BCUT2D eigenvalue weighted by molar-refractivity contribution is 7.09. The van der Waals surface area contributed by atoms with Crippen LogP contribution < -0.4 is 5.32 Å². The number of fused-ring (bicyclic) bond motifs is 1. The summed E-state index contributed by atoms with van der Waals surface area (Å²) >= 11 is 1.66. The number of hydrogen-bond donors (Lipinski definition) is 2. The van der Waals surface area contributed by atoms with E-state index in [-0.39, 0.29) is 12.0 Å². The Kier molecular flexibility index (Phi) is 3.86. The van der Waals surface area contributed by atoms with E-state index < -0.39 is 0 Å². The third-order valence-electron chi connectivity index (χ3n) is 4.30. The van der Waals surface area contributed by atoms with E-state index in [4.69, 9.17) is 0 Å². The molecular formula is C14H20N2O2S. The Hall–Kier alpha value is -0.910. The fraction of sp³-hybridized carbons (Fsp3) is 0.643. The van der Waals surface area contributed by atoms with Gasteiger partial charge in [0.25, 0.3) is 0 Å². The van der Waals surface area contributed by atoms with Crippen LogP contribution in [0, 0.1) is 11.8 Å². The van der Waals surface area contributed by atoms with Crippen LogP contribution in [0.25, 0.3) is 0 Å². The lowest BCUT2D eigenvalue weighted by Crippen LogP contribution is -2.36. The first-order valence-corrected chi connectivity index (χ1v) is 7.80. The number of hydrogen-bond acceptors (Lipinski definition) is 4. The topological polar surface area (TPSA) is 52.6 Å². The van der Waals surface area contributed by atoms with Crippen molar-refractivity contribution in [3.63, 3.8) is 0 Å². The molecule has 3 rings (SSSR count). The Labute approximate surface area is 117 Å². The van der Waals surface area contributed by atoms with Crippen LogP contribution in [0.4, 0.5) is 0 Å². The van der Waals surface area contributed by atoms with Crippen molar-refractivity contribution in [3.8, 4) is 0 Å². The number of aliphatic hydroxyl groups is 1. The molecule has 2 aliphatic rings. The molecule has 2 heterocycles. The highest BCUT2D eigenvalue weighted by Gasteiger charge is 2.41. The number of aliphatic hydroxyl groups excluding tert-OH is 1. The van der Waals surface area contributed by atoms with E-state index in [9.17, 15) is 9.90 Å². The van der Waals surface area contributed by atoms with E-state index in [0.29, 0.717) is 24.9 Å². The Morgan fingerprint density at radius 1 is 1.47 bits per heavy atom. The van der Waals surface area contributed by atoms with Gasteiger partial charge < -0.3 is 10.4 Å². The zero-order valence-corrected chi connectivity index (χ0v) is 11.7. The smallest absolute Gasteiger partial charge is 0.234 e. The molecule has 0 aromatic carbocycles. The van der Waals surface area contributed by atoms with E-state index in [1.807, 2.05) is 17.5 Å². The molecule has 1 aromatic heterocycles. The van der Waals surface area contributed by atoms with Gasteiger partial charge in [-0.1, -0.05) is 6.07 Å². The minimum Gasteiger partial charge on any atom is -0.393 e. The monoisotopic (exact) mass is 280 g/mol. The molecule has 3 atom stereocenters. The van der Waals surface area contributed by atoms with Crippen molar-refractivity contribution in [2.24, 2.45) is 11.8 Å². The molecule has 1 aliphatic heterocycles. The first kappa shape index (κ1) is 13.1. The fourth-order valence-corrected chi connectivity index (χ4v) is 3.96. The van der Waals surface area contributed by atoms with Crippen molar-refractivity contribution in [2.45, 2.75) is 25.5 Å². The maximum atomic E-state index is 11.9. The highest BCUT2D eigenvalue weighted by Crippen LogP contribution is 2.37. The predicted octanol–water partition coefficient (Wildman–Crippen LogP) is 1.07. The van der Waals surface area contributed by atoms with Crippen molar-refractivity contribution in [2.75, 3.05) is 19.6 Å². The lowest BCUT2D eigenvalue weighted by Gasteiger charge is -2.17. The number of amides is 1. The summed E-state index contributed by atoms with van der Waals surface area (Å²) in [6, 6.07) is 4.02. The van der Waals surface area contributed by atoms with Crippen molar-refractivity contribution in [3.05, 3.63) is 22.4 Å². The Bertz CT molecular complexity index is 435. The van der Waals surface area contributed by atoms with Crippen molar-refractivity contribution in [1.82, 2.24) is 10.2 Å². The molecule has 2 N–H and O–H groups in total. The van der Waals surface area contributed by atoms with E-state index in [2.05, 4.69) is 10.2 Å². The van der Waals surface area contributed by atoms with E-state index in [1.54, 1.807) is 11.3 Å². The van der Waals surface area contributed by atoms with Gasteiger partial charge in [-0.2, -0.15) is 0 Å². The lowest BCUT2D eigenvalue weighted by atomic mass is 10.00. The molecule has 19 heavy (non-hydrogen) atoms. The standard InChI is InChI=1S/C14H20N2O2S/c17-13-4-3-10-7-16(8-12(10)13)9-14(18)15-6-11-2-1-5-19-11/h1-2,5,10,12-13,17H,3-4,6-9H2,(H,15,18). The summed E-state index contributed by atoms with van der Waals surface area (Å²) in [5, 5.41) is 14.8. The van der Waals surface area contributed by atoms with Gasteiger partial charge >= 0.3 is 0 Å². The van der Waals surface area contributed by atoms with Crippen LogP contribution in [0.1, 0.15) is 17.7 Å². The second kappa shape index (κ2) is 5.61. The number of nitrogens with one attached hydrogen (secondary N) is 1. The molecule has 104 valence electrons. The van der Waals surface area contributed by atoms with Crippen LogP contribution in [0.3, 0.4) is 0 Å². The molecular weight excluding hydrogens is 260 g/mol. The third-order valence-corrected chi connectivity index (χ3v) is 5.18. The van der Waals surface area contributed by atoms with E-state index in [1.165, 1.54) is 4.88 Å². The lowest BCUT2D eigenvalue weighted by molar-refractivity contribution is -0.122. The Morgan fingerprint density at radius 3 is 3.11 bits per heavy atom.